The third-order valence-corrected chi connectivity index (χ3v) is 4.52. The average molecular weight is 386 g/mol. The summed E-state index contributed by atoms with van der Waals surface area (Å²) in [6, 6.07) is 8.25. The summed E-state index contributed by atoms with van der Waals surface area (Å²) in [7, 11) is 0. The first-order chi connectivity index (χ1) is 13.2. The van der Waals surface area contributed by atoms with Gasteiger partial charge < -0.3 is 19.9 Å². The van der Waals surface area contributed by atoms with Gasteiger partial charge in [-0.3, -0.25) is 0 Å². The summed E-state index contributed by atoms with van der Waals surface area (Å²) < 4.78 is 11.5. The number of aromatic nitrogens is 2. The van der Waals surface area contributed by atoms with Crippen molar-refractivity contribution in [2.24, 2.45) is 4.99 Å². The molecule has 0 aliphatic carbocycles. The van der Waals surface area contributed by atoms with Gasteiger partial charge in [-0.1, -0.05) is 44.1 Å². The van der Waals surface area contributed by atoms with E-state index in [4.69, 9.17) is 9.26 Å². The van der Waals surface area contributed by atoms with E-state index in [1.165, 1.54) is 0 Å². The van der Waals surface area contributed by atoms with Crippen molar-refractivity contribution in [3.63, 3.8) is 0 Å². The third-order valence-electron chi connectivity index (χ3n) is 4.52. The second kappa shape index (κ2) is 7.81. The standard InChI is InChI=1S/C21H31N5O2/c1-7-22-19(23-13-17-25-18(28-26-17)20(2,3)4)24-15-12-21(5,6)27-16-11-9-8-10-14(15)16/h8-11,15H,7,12-13H2,1-6H3,(H2,22,23,24). The number of rotatable bonds is 4. The average Bonchev–Trinajstić information content (AvgIpc) is 3.08. The van der Waals surface area contributed by atoms with E-state index in [-0.39, 0.29) is 17.1 Å². The molecule has 3 rings (SSSR count). The number of nitrogens with one attached hydrogen (secondary N) is 2. The molecule has 0 radical (unpaired) electrons. The van der Waals surface area contributed by atoms with E-state index in [9.17, 15) is 0 Å². The highest BCUT2D eigenvalue weighted by Gasteiger charge is 2.34. The van der Waals surface area contributed by atoms with Crippen molar-refractivity contribution in [2.45, 2.75) is 71.6 Å². The van der Waals surface area contributed by atoms with Gasteiger partial charge in [0.1, 0.15) is 17.9 Å². The lowest BCUT2D eigenvalue weighted by Gasteiger charge is -2.38. The zero-order valence-corrected chi connectivity index (χ0v) is 17.7. The van der Waals surface area contributed by atoms with Crippen LogP contribution in [0.3, 0.4) is 0 Å². The predicted molar refractivity (Wildman–Crippen MR) is 109 cm³/mol. The predicted octanol–water partition coefficient (Wildman–Crippen LogP) is 3.72. The second-order valence-electron chi connectivity index (χ2n) is 8.76. The van der Waals surface area contributed by atoms with Gasteiger partial charge in [-0.25, -0.2) is 4.99 Å². The summed E-state index contributed by atoms with van der Waals surface area (Å²) in [5.41, 5.74) is 0.718. The largest absolute Gasteiger partial charge is 0.487 e. The molecule has 0 amide bonds. The number of para-hydroxylation sites is 1. The molecule has 2 N–H and O–H groups in total. The summed E-state index contributed by atoms with van der Waals surface area (Å²) in [4.78, 5) is 9.12. The van der Waals surface area contributed by atoms with Gasteiger partial charge in [-0.15, -0.1) is 0 Å². The highest BCUT2D eigenvalue weighted by atomic mass is 16.5. The Kier molecular flexibility index (Phi) is 5.63. The Morgan fingerprint density at radius 1 is 1.29 bits per heavy atom. The molecule has 0 fully saturated rings. The molecular weight excluding hydrogens is 354 g/mol. The van der Waals surface area contributed by atoms with Crippen LogP contribution in [-0.4, -0.2) is 28.2 Å². The molecular formula is C21H31N5O2. The van der Waals surface area contributed by atoms with E-state index in [2.05, 4.69) is 45.7 Å². The Morgan fingerprint density at radius 2 is 2.04 bits per heavy atom. The monoisotopic (exact) mass is 385 g/mol. The number of benzene rings is 1. The fourth-order valence-corrected chi connectivity index (χ4v) is 3.19. The van der Waals surface area contributed by atoms with Crippen molar-refractivity contribution in [3.05, 3.63) is 41.5 Å². The zero-order chi connectivity index (χ0) is 20.4. The van der Waals surface area contributed by atoms with Gasteiger partial charge in [0.05, 0.1) is 6.04 Å². The van der Waals surface area contributed by atoms with Crippen molar-refractivity contribution in [2.75, 3.05) is 6.54 Å². The van der Waals surface area contributed by atoms with Gasteiger partial charge in [-0.05, 0) is 26.8 Å². The van der Waals surface area contributed by atoms with Crippen LogP contribution in [0.2, 0.25) is 0 Å². The molecule has 7 nitrogen and oxygen atoms in total. The van der Waals surface area contributed by atoms with E-state index < -0.39 is 0 Å². The molecule has 2 heterocycles. The van der Waals surface area contributed by atoms with Gasteiger partial charge >= 0.3 is 0 Å². The SMILES string of the molecule is CCNC(=NCc1noc(C(C)(C)C)n1)NC1CC(C)(C)Oc2ccccc21. The number of ether oxygens (including phenoxy) is 1. The maximum absolute atomic E-state index is 6.12. The summed E-state index contributed by atoms with van der Waals surface area (Å²) in [6.45, 7) is 13.5. The maximum Gasteiger partial charge on any atom is 0.232 e. The molecule has 1 aromatic heterocycles. The van der Waals surface area contributed by atoms with E-state index in [1.807, 2.05) is 45.9 Å². The lowest BCUT2D eigenvalue weighted by Crippen LogP contribution is -2.45. The molecule has 1 unspecified atom stereocenters. The third kappa shape index (κ3) is 4.82. The quantitative estimate of drug-likeness (QED) is 0.616. The molecule has 1 atom stereocenters. The lowest BCUT2D eigenvalue weighted by molar-refractivity contribution is 0.0694. The molecule has 1 aliphatic rings. The van der Waals surface area contributed by atoms with Crippen molar-refractivity contribution in [3.8, 4) is 5.75 Å². The molecule has 28 heavy (non-hydrogen) atoms. The summed E-state index contributed by atoms with van der Waals surface area (Å²) in [5.74, 6) is 2.84. The van der Waals surface area contributed by atoms with Crippen LogP contribution in [0.4, 0.5) is 0 Å². The van der Waals surface area contributed by atoms with Crippen molar-refractivity contribution in [1.82, 2.24) is 20.8 Å². The van der Waals surface area contributed by atoms with Gasteiger partial charge in [-0.2, -0.15) is 4.98 Å². The zero-order valence-electron chi connectivity index (χ0n) is 17.7. The van der Waals surface area contributed by atoms with Crippen LogP contribution in [0, 0.1) is 0 Å². The minimum absolute atomic E-state index is 0.105. The molecule has 2 aromatic rings. The molecule has 7 heteroatoms. The Balaban J connectivity index is 1.77. The fraction of sp³-hybridized carbons (Fsp3) is 0.571. The highest BCUT2D eigenvalue weighted by molar-refractivity contribution is 5.80. The number of hydrogen-bond acceptors (Lipinski definition) is 5. The van der Waals surface area contributed by atoms with Crippen molar-refractivity contribution >= 4 is 5.96 Å². The number of aliphatic imine (C=N–C) groups is 1. The Hall–Kier alpha value is -2.57. The van der Waals surface area contributed by atoms with Crippen LogP contribution < -0.4 is 15.4 Å². The number of nitrogens with zero attached hydrogens (tertiary/aromatic N) is 3. The number of hydrogen-bond donors (Lipinski definition) is 2. The van der Waals surface area contributed by atoms with Crippen LogP contribution in [0.25, 0.3) is 0 Å². The molecule has 1 aliphatic heterocycles. The molecule has 0 saturated carbocycles. The molecule has 0 saturated heterocycles. The van der Waals surface area contributed by atoms with Crippen LogP contribution in [0.15, 0.2) is 33.8 Å². The first kappa shape index (κ1) is 20.2. The Labute approximate surface area is 167 Å². The summed E-state index contributed by atoms with van der Waals surface area (Å²) >= 11 is 0. The maximum atomic E-state index is 6.12. The smallest absolute Gasteiger partial charge is 0.232 e. The number of guanidine groups is 1. The van der Waals surface area contributed by atoms with Crippen LogP contribution in [0.5, 0.6) is 5.75 Å². The fourth-order valence-electron chi connectivity index (χ4n) is 3.19. The second-order valence-corrected chi connectivity index (χ2v) is 8.76. The minimum atomic E-state index is -0.251. The van der Waals surface area contributed by atoms with Gasteiger partial charge in [0, 0.05) is 23.9 Å². The van der Waals surface area contributed by atoms with Gasteiger partial charge in [0.2, 0.25) is 5.89 Å². The lowest BCUT2D eigenvalue weighted by atomic mass is 9.90. The summed E-state index contributed by atoms with van der Waals surface area (Å²) in [6.07, 6.45) is 0.838. The van der Waals surface area contributed by atoms with Crippen molar-refractivity contribution < 1.29 is 9.26 Å². The molecule has 1 aromatic carbocycles. The van der Waals surface area contributed by atoms with E-state index in [1.54, 1.807) is 0 Å². The van der Waals surface area contributed by atoms with Crippen molar-refractivity contribution in [1.29, 1.82) is 0 Å². The van der Waals surface area contributed by atoms with Crippen LogP contribution in [0.1, 0.15) is 71.3 Å². The van der Waals surface area contributed by atoms with Gasteiger partial charge in [0.25, 0.3) is 0 Å². The van der Waals surface area contributed by atoms with Crippen LogP contribution >= 0.6 is 0 Å². The van der Waals surface area contributed by atoms with Gasteiger partial charge in [0.15, 0.2) is 11.8 Å². The molecule has 0 spiro atoms. The first-order valence-corrected chi connectivity index (χ1v) is 9.84. The summed E-state index contributed by atoms with van der Waals surface area (Å²) in [5, 5.41) is 10.9. The van der Waals surface area contributed by atoms with E-state index in [0.717, 1.165) is 30.2 Å². The number of fused-ring (bicyclic) bond motifs is 1. The minimum Gasteiger partial charge on any atom is -0.487 e. The van der Waals surface area contributed by atoms with E-state index in [0.29, 0.717) is 18.3 Å². The first-order valence-electron chi connectivity index (χ1n) is 9.84. The molecule has 152 valence electrons. The topological polar surface area (TPSA) is 84.6 Å². The molecule has 0 bridgehead atoms. The highest BCUT2D eigenvalue weighted by Crippen LogP contribution is 2.39. The Bertz CT molecular complexity index is 835. The normalized spacial score (nSPS) is 18.9. The van der Waals surface area contributed by atoms with Crippen LogP contribution in [-0.2, 0) is 12.0 Å². The Morgan fingerprint density at radius 3 is 2.71 bits per heavy atom. The van der Waals surface area contributed by atoms with E-state index >= 15 is 0 Å².